The highest BCUT2D eigenvalue weighted by molar-refractivity contribution is 6.28. The lowest BCUT2D eigenvalue weighted by Gasteiger charge is -2.08. The van der Waals surface area contributed by atoms with E-state index in [4.69, 9.17) is 21.0 Å². The van der Waals surface area contributed by atoms with Crippen LogP contribution in [0.2, 0.25) is 5.28 Å². The first-order chi connectivity index (χ1) is 19.7. The minimum absolute atomic E-state index is 0.148. The molecule has 0 fully saturated rings. The van der Waals surface area contributed by atoms with Crippen LogP contribution in [0.15, 0.2) is 126 Å². The van der Waals surface area contributed by atoms with Gasteiger partial charge in [-0.1, -0.05) is 97.1 Å². The number of aromatic nitrogens is 3. The molecule has 6 aromatic carbocycles. The van der Waals surface area contributed by atoms with Gasteiger partial charge in [-0.3, -0.25) is 0 Å². The van der Waals surface area contributed by atoms with Crippen LogP contribution in [0.1, 0.15) is 0 Å². The Morgan fingerprint density at radius 2 is 1.23 bits per heavy atom. The largest absolute Gasteiger partial charge is 0.455 e. The maximum absolute atomic E-state index is 6.49. The van der Waals surface area contributed by atoms with Crippen LogP contribution in [0.3, 0.4) is 0 Å². The van der Waals surface area contributed by atoms with Gasteiger partial charge in [0.1, 0.15) is 11.2 Å². The summed E-state index contributed by atoms with van der Waals surface area (Å²) in [5, 5.41) is 6.58. The molecule has 0 unspecified atom stereocenters. The lowest BCUT2D eigenvalue weighted by molar-refractivity contribution is 0.672. The fourth-order valence-electron chi connectivity index (χ4n) is 5.53. The number of halogens is 1. The van der Waals surface area contributed by atoms with Crippen LogP contribution in [0.25, 0.3) is 77.4 Å². The molecule has 0 spiro atoms. The van der Waals surface area contributed by atoms with Crippen molar-refractivity contribution in [1.29, 1.82) is 0 Å². The summed E-state index contributed by atoms with van der Waals surface area (Å²) in [6, 6.07) is 41.5. The lowest BCUT2D eigenvalue weighted by Crippen LogP contribution is -1.97. The van der Waals surface area contributed by atoms with Crippen molar-refractivity contribution in [1.82, 2.24) is 15.0 Å². The van der Waals surface area contributed by atoms with E-state index < -0.39 is 0 Å². The molecule has 40 heavy (non-hydrogen) atoms. The van der Waals surface area contributed by atoms with Crippen molar-refractivity contribution in [3.8, 4) is 33.9 Å². The molecule has 8 aromatic rings. The predicted octanol–water partition coefficient (Wildman–Crippen LogP) is 9.73. The van der Waals surface area contributed by atoms with Crippen molar-refractivity contribution in [2.45, 2.75) is 0 Å². The van der Waals surface area contributed by atoms with Crippen molar-refractivity contribution >= 4 is 55.1 Å². The van der Waals surface area contributed by atoms with Crippen molar-refractivity contribution in [2.75, 3.05) is 0 Å². The Morgan fingerprint density at radius 3 is 2.10 bits per heavy atom. The summed E-state index contributed by atoms with van der Waals surface area (Å²) in [5.41, 5.74) is 5.73. The number of hydrogen-bond acceptors (Lipinski definition) is 4. The first kappa shape index (κ1) is 22.9. The van der Waals surface area contributed by atoms with Gasteiger partial charge >= 0.3 is 0 Å². The number of hydrogen-bond donors (Lipinski definition) is 0. The van der Waals surface area contributed by atoms with E-state index in [0.717, 1.165) is 54.6 Å². The average molecular weight is 534 g/mol. The fourth-order valence-corrected chi connectivity index (χ4v) is 5.69. The zero-order chi connectivity index (χ0) is 26.6. The molecule has 0 N–H and O–H groups in total. The molecule has 4 nitrogen and oxygen atoms in total. The molecule has 0 atom stereocenters. The van der Waals surface area contributed by atoms with Gasteiger partial charge in [-0.25, -0.2) is 4.98 Å². The molecule has 0 radical (unpaired) electrons. The molecule has 0 amide bonds. The highest BCUT2D eigenvalue weighted by Gasteiger charge is 2.18. The van der Waals surface area contributed by atoms with Crippen LogP contribution in [0.5, 0.6) is 0 Å². The molecule has 0 saturated carbocycles. The van der Waals surface area contributed by atoms with Gasteiger partial charge in [0.15, 0.2) is 11.6 Å². The van der Waals surface area contributed by atoms with Crippen LogP contribution >= 0.6 is 11.6 Å². The molecule has 0 aliphatic heterocycles. The van der Waals surface area contributed by atoms with Gasteiger partial charge in [-0.2, -0.15) is 9.97 Å². The molecule has 2 heterocycles. The molecule has 5 heteroatoms. The summed E-state index contributed by atoms with van der Waals surface area (Å²) in [5.74, 6) is 1.04. The van der Waals surface area contributed by atoms with Crippen LogP contribution in [-0.4, -0.2) is 15.0 Å². The molecule has 0 bridgehead atoms. The predicted molar refractivity (Wildman–Crippen MR) is 163 cm³/mol. The summed E-state index contributed by atoms with van der Waals surface area (Å²) in [4.78, 5) is 13.9. The van der Waals surface area contributed by atoms with E-state index in [-0.39, 0.29) is 5.28 Å². The van der Waals surface area contributed by atoms with Gasteiger partial charge in [0.25, 0.3) is 0 Å². The maximum Gasteiger partial charge on any atom is 0.226 e. The SMILES string of the molecule is Clc1nc(-c2ccc3cc(-c4ccccc4)ccc3c2)nc(-c2cccc3oc4c5ccccc5ccc4c23)n1. The van der Waals surface area contributed by atoms with E-state index in [2.05, 4.69) is 88.8 Å². The lowest BCUT2D eigenvalue weighted by atomic mass is 10.00. The van der Waals surface area contributed by atoms with Crippen molar-refractivity contribution in [3.05, 3.63) is 127 Å². The van der Waals surface area contributed by atoms with Crippen molar-refractivity contribution < 1.29 is 4.42 Å². The van der Waals surface area contributed by atoms with E-state index >= 15 is 0 Å². The average Bonchev–Trinajstić information content (AvgIpc) is 3.40. The third-order valence-electron chi connectivity index (χ3n) is 7.44. The van der Waals surface area contributed by atoms with E-state index in [1.807, 2.05) is 42.5 Å². The number of rotatable bonds is 3. The summed E-state index contributed by atoms with van der Waals surface area (Å²) < 4.78 is 6.36. The van der Waals surface area contributed by atoms with Gasteiger partial charge in [0.2, 0.25) is 5.28 Å². The van der Waals surface area contributed by atoms with E-state index in [1.165, 1.54) is 11.1 Å². The first-order valence-corrected chi connectivity index (χ1v) is 13.4. The zero-order valence-corrected chi connectivity index (χ0v) is 21.9. The summed E-state index contributed by atoms with van der Waals surface area (Å²) >= 11 is 6.49. The second-order valence-electron chi connectivity index (χ2n) is 9.84. The topological polar surface area (TPSA) is 51.8 Å². The molecular weight excluding hydrogens is 514 g/mol. The second-order valence-corrected chi connectivity index (χ2v) is 10.2. The summed E-state index contributed by atoms with van der Waals surface area (Å²) in [7, 11) is 0. The summed E-state index contributed by atoms with van der Waals surface area (Å²) in [6.45, 7) is 0. The second kappa shape index (κ2) is 9.01. The van der Waals surface area contributed by atoms with Gasteiger partial charge < -0.3 is 4.42 Å². The highest BCUT2D eigenvalue weighted by Crippen LogP contribution is 2.39. The van der Waals surface area contributed by atoms with E-state index in [0.29, 0.717) is 11.6 Å². The Balaban J connectivity index is 1.26. The van der Waals surface area contributed by atoms with Gasteiger partial charge in [0.05, 0.1) is 0 Å². The Labute approximate surface area is 234 Å². The van der Waals surface area contributed by atoms with Crippen molar-refractivity contribution in [3.63, 3.8) is 0 Å². The number of furan rings is 1. The quantitative estimate of drug-likeness (QED) is 0.227. The Kier molecular flexibility index (Phi) is 5.15. The monoisotopic (exact) mass is 533 g/mol. The first-order valence-electron chi connectivity index (χ1n) is 13.1. The molecule has 0 aliphatic rings. The Morgan fingerprint density at radius 1 is 0.500 bits per heavy atom. The standard InChI is InChI=1S/C35H20ClN3O/c36-35-38-33(26-16-15-24-19-23(13-14-25(24)20-26)21-7-2-1-3-8-21)37-34(39-35)29-11-6-12-30-31(29)28-18-17-22-9-4-5-10-27(22)32(28)40-30/h1-20H. The zero-order valence-electron chi connectivity index (χ0n) is 21.2. The smallest absolute Gasteiger partial charge is 0.226 e. The molecule has 8 rings (SSSR count). The summed E-state index contributed by atoms with van der Waals surface area (Å²) in [6.07, 6.45) is 0. The fraction of sp³-hybridized carbons (Fsp3) is 0. The Bertz CT molecular complexity index is 2240. The van der Waals surface area contributed by atoms with Crippen molar-refractivity contribution in [2.24, 2.45) is 0 Å². The molecule has 2 aromatic heterocycles. The number of nitrogens with zero attached hydrogens (tertiary/aromatic N) is 3. The normalized spacial score (nSPS) is 11.6. The van der Waals surface area contributed by atoms with Crippen LogP contribution < -0.4 is 0 Å². The molecule has 188 valence electrons. The molecule has 0 aliphatic carbocycles. The van der Waals surface area contributed by atoms with Gasteiger partial charge in [-0.15, -0.1) is 0 Å². The minimum Gasteiger partial charge on any atom is -0.455 e. The van der Waals surface area contributed by atoms with Gasteiger partial charge in [0, 0.05) is 27.3 Å². The maximum atomic E-state index is 6.49. The van der Waals surface area contributed by atoms with Gasteiger partial charge in [-0.05, 0) is 63.2 Å². The molecule has 0 saturated heterocycles. The Hall–Kier alpha value is -5.06. The molecular formula is C35H20ClN3O. The number of benzene rings is 6. The third kappa shape index (κ3) is 3.73. The highest BCUT2D eigenvalue weighted by atomic mass is 35.5. The van der Waals surface area contributed by atoms with E-state index in [9.17, 15) is 0 Å². The number of fused-ring (bicyclic) bond motifs is 6. The van der Waals surface area contributed by atoms with Crippen LogP contribution in [0.4, 0.5) is 0 Å². The third-order valence-corrected chi connectivity index (χ3v) is 7.61. The minimum atomic E-state index is 0.148. The van der Waals surface area contributed by atoms with Crippen LogP contribution in [-0.2, 0) is 0 Å². The van der Waals surface area contributed by atoms with Crippen LogP contribution in [0, 0.1) is 0 Å². The van der Waals surface area contributed by atoms with E-state index in [1.54, 1.807) is 0 Å².